The summed E-state index contributed by atoms with van der Waals surface area (Å²) in [6, 6.07) is 9.02. The zero-order chi connectivity index (χ0) is 21.8. The number of allylic oxidation sites excluding steroid dienone is 1. The maximum Gasteiger partial charge on any atom is 0.315 e. The first-order valence-electron chi connectivity index (χ1n) is 9.23. The van der Waals surface area contributed by atoms with Crippen molar-refractivity contribution in [3.05, 3.63) is 78.1 Å². The Labute approximate surface area is 176 Å². The molecule has 0 saturated heterocycles. The van der Waals surface area contributed by atoms with Crippen LogP contribution in [0.1, 0.15) is 36.6 Å². The van der Waals surface area contributed by atoms with E-state index in [9.17, 15) is 25.0 Å². The molecule has 2 atom stereocenters. The Bertz CT molecular complexity index is 1040. The third-order valence-electron chi connectivity index (χ3n) is 4.70. The van der Waals surface area contributed by atoms with E-state index in [4.69, 9.17) is 4.74 Å². The number of ether oxygens (including phenoxy) is 1. The molecule has 30 heavy (non-hydrogen) atoms. The first-order valence-corrected chi connectivity index (χ1v) is 10.1. The molecule has 2 aromatic rings. The average molecular weight is 429 g/mol. The molecule has 0 bridgehead atoms. The van der Waals surface area contributed by atoms with E-state index in [1.54, 1.807) is 30.5 Å². The number of benzene rings is 1. The molecule has 0 amide bonds. The molecule has 1 aliphatic rings. The summed E-state index contributed by atoms with van der Waals surface area (Å²) in [6.07, 6.45) is 0.592. The second-order valence-corrected chi connectivity index (χ2v) is 7.64. The third-order valence-corrected chi connectivity index (χ3v) is 5.58. The summed E-state index contributed by atoms with van der Waals surface area (Å²) >= 11 is 1.29. The van der Waals surface area contributed by atoms with Crippen LogP contribution in [0.15, 0.2) is 52.5 Å². The summed E-state index contributed by atoms with van der Waals surface area (Å²) in [4.78, 5) is 40.1. The SMILES string of the molecule is CCCOC(=O)C1C(C)=NC(c2cccs2)=C([N+](=O)[O-])C1c1cccc([N+](=O)[O-])c1. The van der Waals surface area contributed by atoms with Gasteiger partial charge < -0.3 is 4.74 Å². The van der Waals surface area contributed by atoms with E-state index in [2.05, 4.69) is 4.99 Å². The van der Waals surface area contributed by atoms with Crippen LogP contribution in [-0.2, 0) is 9.53 Å². The number of aliphatic imine (C=N–C) groups is 1. The quantitative estimate of drug-likeness (QED) is 0.364. The Balaban J connectivity index is 2.24. The molecule has 10 heteroatoms. The fourth-order valence-electron chi connectivity index (χ4n) is 3.43. The first kappa shape index (κ1) is 21.3. The van der Waals surface area contributed by atoms with Gasteiger partial charge in [0.25, 0.3) is 11.4 Å². The summed E-state index contributed by atoms with van der Waals surface area (Å²) in [7, 11) is 0. The van der Waals surface area contributed by atoms with Crippen LogP contribution < -0.4 is 0 Å². The molecule has 0 aliphatic carbocycles. The number of esters is 1. The van der Waals surface area contributed by atoms with Crippen LogP contribution in [0.3, 0.4) is 0 Å². The lowest BCUT2D eigenvalue weighted by molar-refractivity contribution is -0.430. The fraction of sp³-hybridized carbons (Fsp3) is 0.300. The average Bonchev–Trinajstić information content (AvgIpc) is 3.25. The van der Waals surface area contributed by atoms with Crippen molar-refractivity contribution in [1.82, 2.24) is 0 Å². The normalized spacial score (nSPS) is 18.7. The molecular weight excluding hydrogens is 410 g/mol. The van der Waals surface area contributed by atoms with Crippen LogP contribution in [0.25, 0.3) is 5.70 Å². The number of nitro groups is 2. The van der Waals surface area contributed by atoms with Gasteiger partial charge >= 0.3 is 5.97 Å². The number of hydrogen-bond acceptors (Lipinski definition) is 8. The molecule has 2 unspecified atom stereocenters. The summed E-state index contributed by atoms with van der Waals surface area (Å²) in [5, 5.41) is 25.2. The molecule has 0 fully saturated rings. The van der Waals surface area contributed by atoms with Crippen molar-refractivity contribution < 1.29 is 19.4 Å². The second-order valence-electron chi connectivity index (χ2n) is 6.70. The van der Waals surface area contributed by atoms with Gasteiger partial charge in [0, 0.05) is 17.8 Å². The van der Waals surface area contributed by atoms with Crippen LogP contribution in [0, 0.1) is 26.1 Å². The standard InChI is InChI=1S/C20H19N3O6S/c1-3-9-29-20(24)16-12(2)21-18(15-8-5-10-30-15)19(23(27)28)17(16)13-6-4-7-14(11-13)22(25)26/h4-8,10-11,16-17H,3,9H2,1-2H3. The van der Waals surface area contributed by atoms with Gasteiger partial charge in [0.2, 0.25) is 0 Å². The number of rotatable bonds is 7. The summed E-state index contributed by atoms with van der Waals surface area (Å²) < 4.78 is 5.29. The maximum absolute atomic E-state index is 12.9. The van der Waals surface area contributed by atoms with Gasteiger partial charge in [0.15, 0.2) is 5.70 Å². The van der Waals surface area contributed by atoms with E-state index in [-0.39, 0.29) is 29.3 Å². The van der Waals surface area contributed by atoms with Crippen LogP contribution in [0.5, 0.6) is 0 Å². The Morgan fingerprint density at radius 2 is 1.97 bits per heavy atom. The Morgan fingerprint density at radius 1 is 1.20 bits per heavy atom. The minimum Gasteiger partial charge on any atom is -0.465 e. The maximum atomic E-state index is 12.9. The van der Waals surface area contributed by atoms with Crippen molar-refractivity contribution in [2.24, 2.45) is 10.9 Å². The number of nitro benzene ring substituents is 1. The number of carbonyl (C=O) groups excluding carboxylic acids is 1. The lowest BCUT2D eigenvalue weighted by atomic mass is 9.78. The molecule has 1 aromatic carbocycles. The largest absolute Gasteiger partial charge is 0.465 e. The van der Waals surface area contributed by atoms with E-state index in [1.807, 2.05) is 6.92 Å². The lowest BCUT2D eigenvalue weighted by Crippen LogP contribution is -2.36. The van der Waals surface area contributed by atoms with Crippen molar-refractivity contribution in [3.63, 3.8) is 0 Å². The van der Waals surface area contributed by atoms with Crippen molar-refractivity contribution >= 4 is 34.4 Å². The fourth-order valence-corrected chi connectivity index (χ4v) is 4.15. The topological polar surface area (TPSA) is 125 Å². The second kappa shape index (κ2) is 8.95. The van der Waals surface area contributed by atoms with Crippen LogP contribution in [0.2, 0.25) is 0 Å². The molecular formula is C20H19N3O6S. The monoisotopic (exact) mass is 429 g/mol. The first-order chi connectivity index (χ1) is 14.3. The zero-order valence-electron chi connectivity index (χ0n) is 16.3. The highest BCUT2D eigenvalue weighted by Crippen LogP contribution is 2.44. The molecule has 0 radical (unpaired) electrons. The van der Waals surface area contributed by atoms with Gasteiger partial charge in [0.1, 0.15) is 5.92 Å². The molecule has 2 heterocycles. The number of thiophene rings is 1. The van der Waals surface area contributed by atoms with E-state index in [1.165, 1.54) is 29.5 Å². The molecule has 0 saturated carbocycles. The van der Waals surface area contributed by atoms with Gasteiger partial charge in [-0.3, -0.25) is 25.0 Å². The number of nitrogens with zero attached hydrogens (tertiary/aromatic N) is 3. The number of non-ortho nitro benzene ring substituents is 1. The Hall–Kier alpha value is -3.40. The molecule has 0 spiro atoms. The van der Waals surface area contributed by atoms with Gasteiger partial charge in [-0.1, -0.05) is 25.1 Å². The Morgan fingerprint density at radius 3 is 2.57 bits per heavy atom. The summed E-state index contributed by atoms with van der Waals surface area (Å²) in [5.41, 5.74) is 0.318. The van der Waals surface area contributed by atoms with E-state index < -0.39 is 27.7 Å². The molecule has 0 N–H and O–H groups in total. The predicted octanol–water partition coefficient (Wildman–Crippen LogP) is 4.43. The number of carbonyl (C=O) groups is 1. The van der Waals surface area contributed by atoms with Gasteiger partial charge in [0.05, 0.1) is 27.2 Å². The van der Waals surface area contributed by atoms with Crippen LogP contribution in [0.4, 0.5) is 5.69 Å². The molecule has 156 valence electrons. The molecule has 1 aliphatic heterocycles. The summed E-state index contributed by atoms with van der Waals surface area (Å²) in [6.45, 7) is 3.62. The van der Waals surface area contributed by atoms with Crippen molar-refractivity contribution in [2.45, 2.75) is 26.2 Å². The minimum atomic E-state index is -1.07. The van der Waals surface area contributed by atoms with Crippen molar-refractivity contribution in [3.8, 4) is 0 Å². The molecule has 9 nitrogen and oxygen atoms in total. The minimum absolute atomic E-state index is 0.156. The van der Waals surface area contributed by atoms with Gasteiger partial charge in [-0.15, -0.1) is 11.3 Å². The highest BCUT2D eigenvalue weighted by Gasteiger charge is 2.46. The predicted molar refractivity (Wildman–Crippen MR) is 112 cm³/mol. The van der Waals surface area contributed by atoms with E-state index in [0.717, 1.165) is 0 Å². The highest BCUT2D eigenvalue weighted by atomic mass is 32.1. The van der Waals surface area contributed by atoms with E-state index >= 15 is 0 Å². The number of hydrogen-bond donors (Lipinski definition) is 0. The van der Waals surface area contributed by atoms with Crippen molar-refractivity contribution in [2.75, 3.05) is 6.61 Å². The lowest BCUT2D eigenvalue weighted by Gasteiger charge is -2.28. The van der Waals surface area contributed by atoms with Crippen LogP contribution in [-0.4, -0.2) is 28.1 Å². The van der Waals surface area contributed by atoms with Gasteiger partial charge in [-0.2, -0.15) is 0 Å². The molecule has 3 rings (SSSR count). The van der Waals surface area contributed by atoms with Gasteiger partial charge in [-0.05, 0) is 30.4 Å². The van der Waals surface area contributed by atoms with Crippen LogP contribution >= 0.6 is 11.3 Å². The Kier molecular flexibility index (Phi) is 6.36. The summed E-state index contributed by atoms with van der Waals surface area (Å²) in [5.74, 6) is -2.76. The highest BCUT2D eigenvalue weighted by molar-refractivity contribution is 7.11. The smallest absolute Gasteiger partial charge is 0.315 e. The molecule has 1 aromatic heterocycles. The van der Waals surface area contributed by atoms with E-state index in [0.29, 0.717) is 17.0 Å². The zero-order valence-corrected chi connectivity index (χ0v) is 17.1. The third kappa shape index (κ3) is 4.13. The van der Waals surface area contributed by atoms with Crippen molar-refractivity contribution in [1.29, 1.82) is 0 Å². The van der Waals surface area contributed by atoms with Gasteiger partial charge in [-0.25, -0.2) is 4.99 Å².